The zero-order valence-electron chi connectivity index (χ0n) is 10.4. The lowest BCUT2D eigenvalue weighted by atomic mass is 10.1. The van der Waals surface area contributed by atoms with Crippen LogP contribution in [0.3, 0.4) is 0 Å². The van der Waals surface area contributed by atoms with Gasteiger partial charge in [-0.05, 0) is 47.6 Å². The molecule has 18 heavy (non-hydrogen) atoms. The van der Waals surface area contributed by atoms with Gasteiger partial charge in [0, 0.05) is 35.2 Å². The first-order chi connectivity index (χ1) is 8.69. The molecule has 0 radical (unpaired) electrons. The Morgan fingerprint density at radius 1 is 1.17 bits per heavy atom. The van der Waals surface area contributed by atoms with Gasteiger partial charge in [0.25, 0.3) is 0 Å². The molecule has 2 heterocycles. The van der Waals surface area contributed by atoms with E-state index in [9.17, 15) is 0 Å². The van der Waals surface area contributed by atoms with E-state index in [1.165, 1.54) is 0 Å². The molecule has 0 spiro atoms. The van der Waals surface area contributed by atoms with Gasteiger partial charge in [0.1, 0.15) is 5.82 Å². The standard InChI is InChI=1S/C13H15BrN4/c1-9-6-17-13(18-7-9)12(15-2)5-11-4-3-10(14)8-16-11/h3-4,6-8,12,15H,5H2,1-2H3. The van der Waals surface area contributed by atoms with Crippen LogP contribution >= 0.6 is 15.9 Å². The molecular weight excluding hydrogens is 292 g/mol. The van der Waals surface area contributed by atoms with Crippen molar-refractivity contribution in [3.8, 4) is 0 Å². The average Bonchev–Trinajstić information content (AvgIpc) is 2.39. The molecule has 0 saturated heterocycles. The van der Waals surface area contributed by atoms with E-state index in [1.807, 2.05) is 38.5 Å². The number of nitrogens with zero attached hydrogens (tertiary/aromatic N) is 3. The molecule has 2 rings (SSSR count). The third kappa shape index (κ3) is 3.34. The van der Waals surface area contributed by atoms with Gasteiger partial charge in [-0.2, -0.15) is 0 Å². The van der Waals surface area contributed by atoms with Crippen molar-refractivity contribution in [3.63, 3.8) is 0 Å². The molecular formula is C13H15BrN4. The van der Waals surface area contributed by atoms with Crippen molar-refractivity contribution in [1.29, 1.82) is 0 Å². The Hall–Kier alpha value is -1.33. The molecule has 2 aromatic rings. The van der Waals surface area contributed by atoms with E-state index in [0.717, 1.165) is 28.0 Å². The van der Waals surface area contributed by atoms with E-state index in [1.54, 1.807) is 6.20 Å². The molecule has 0 bridgehead atoms. The predicted octanol–water partition coefficient (Wildman–Crippen LogP) is 2.45. The van der Waals surface area contributed by atoms with E-state index >= 15 is 0 Å². The molecule has 5 heteroatoms. The average molecular weight is 307 g/mol. The minimum absolute atomic E-state index is 0.0827. The fourth-order valence-electron chi connectivity index (χ4n) is 1.64. The van der Waals surface area contributed by atoms with E-state index < -0.39 is 0 Å². The number of halogens is 1. The number of hydrogen-bond acceptors (Lipinski definition) is 4. The molecule has 2 aromatic heterocycles. The summed E-state index contributed by atoms with van der Waals surface area (Å²) in [6.07, 6.45) is 6.24. The number of likely N-dealkylation sites (N-methyl/N-ethyl adjacent to an activating group) is 1. The highest BCUT2D eigenvalue weighted by Gasteiger charge is 2.13. The van der Waals surface area contributed by atoms with Gasteiger partial charge in [-0.25, -0.2) is 9.97 Å². The highest BCUT2D eigenvalue weighted by Crippen LogP contribution is 2.15. The molecule has 4 nitrogen and oxygen atoms in total. The first-order valence-electron chi connectivity index (χ1n) is 5.75. The van der Waals surface area contributed by atoms with Gasteiger partial charge in [0.15, 0.2) is 0 Å². The van der Waals surface area contributed by atoms with Crippen molar-refractivity contribution in [3.05, 3.63) is 52.3 Å². The molecule has 0 aromatic carbocycles. The summed E-state index contributed by atoms with van der Waals surface area (Å²) in [5, 5.41) is 3.22. The van der Waals surface area contributed by atoms with Crippen molar-refractivity contribution < 1.29 is 0 Å². The third-order valence-electron chi connectivity index (χ3n) is 2.66. The summed E-state index contributed by atoms with van der Waals surface area (Å²) in [5.41, 5.74) is 2.08. The van der Waals surface area contributed by atoms with Crippen LogP contribution in [0, 0.1) is 6.92 Å². The normalized spacial score (nSPS) is 12.4. The summed E-state index contributed by atoms with van der Waals surface area (Å²) in [4.78, 5) is 13.1. The van der Waals surface area contributed by atoms with Gasteiger partial charge < -0.3 is 5.32 Å². The third-order valence-corrected chi connectivity index (χ3v) is 3.13. The Morgan fingerprint density at radius 3 is 2.44 bits per heavy atom. The molecule has 0 aliphatic heterocycles. The fourth-order valence-corrected chi connectivity index (χ4v) is 1.88. The number of hydrogen-bond donors (Lipinski definition) is 1. The minimum Gasteiger partial charge on any atom is -0.310 e. The number of rotatable bonds is 4. The highest BCUT2D eigenvalue weighted by atomic mass is 79.9. The van der Waals surface area contributed by atoms with Gasteiger partial charge in [0.05, 0.1) is 6.04 Å². The molecule has 0 amide bonds. The lowest BCUT2D eigenvalue weighted by Crippen LogP contribution is -2.21. The summed E-state index contributed by atoms with van der Waals surface area (Å²) in [6, 6.07) is 4.08. The topological polar surface area (TPSA) is 50.7 Å². The van der Waals surface area contributed by atoms with E-state index in [-0.39, 0.29) is 6.04 Å². The Morgan fingerprint density at radius 2 is 1.89 bits per heavy atom. The molecule has 0 saturated carbocycles. The predicted molar refractivity (Wildman–Crippen MR) is 74.2 cm³/mol. The number of aryl methyl sites for hydroxylation is 1. The Labute approximate surface area is 115 Å². The summed E-state index contributed by atoms with van der Waals surface area (Å²) >= 11 is 3.38. The van der Waals surface area contributed by atoms with Crippen LogP contribution in [0.25, 0.3) is 0 Å². The summed E-state index contributed by atoms with van der Waals surface area (Å²) in [7, 11) is 1.91. The van der Waals surface area contributed by atoms with Crippen LogP contribution in [-0.2, 0) is 6.42 Å². The van der Waals surface area contributed by atoms with Crippen LogP contribution in [-0.4, -0.2) is 22.0 Å². The minimum atomic E-state index is 0.0827. The van der Waals surface area contributed by atoms with Crippen molar-refractivity contribution >= 4 is 15.9 Å². The largest absolute Gasteiger partial charge is 0.310 e. The van der Waals surface area contributed by atoms with Gasteiger partial charge in [-0.1, -0.05) is 0 Å². The molecule has 1 atom stereocenters. The van der Waals surface area contributed by atoms with Gasteiger partial charge in [0.2, 0.25) is 0 Å². The van der Waals surface area contributed by atoms with Crippen molar-refractivity contribution in [2.45, 2.75) is 19.4 Å². The quantitative estimate of drug-likeness (QED) is 0.942. The lowest BCUT2D eigenvalue weighted by molar-refractivity contribution is 0.550. The highest BCUT2D eigenvalue weighted by molar-refractivity contribution is 9.10. The Kier molecular flexibility index (Phi) is 4.38. The van der Waals surface area contributed by atoms with E-state index in [4.69, 9.17) is 0 Å². The lowest BCUT2D eigenvalue weighted by Gasteiger charge is -2.14. The smallest absolute Gasteiger partial charge is 0.145 e. The zero-order valence-corrected chi connectivity index (χ0v) is 12.0. The maximum atomic E-state index is 4.37. The SMILES string of the molecule is CNC(Cc1ccc(Br)cn1)c1ncc(C)cn1. The van der Waals surface area contributed by atoms with Crippen LogP contribution in [0.5, 0.6) is 0 Å². The second kappa shape index (κ2) is 6.02. The molecule has 94 valence electrons. The van der Waals surface area contributed by atoms with Crippen molar-refractivity contribution in [2.24, 2.45) is 0 Å². The van der Waals surface area contributed by atoms with Crippen molar-refractivity contribution in [1.82, 2.24) is 20.3 Å². The molecule has 1 unspecified atom stereocenters. The second-order valence-corrected chi connectivity index (χ2v) is 5.05. The molecule has 0 aliphatic carbocycles. The first kappa shape index (κ1) is 13.1. The van der Waals surface area contributed by atoms with Crippen LogP contribution < -0.4 is 5.32 Å². The summed E-state index contributed by atoms with van der Waals surface area (Å²) in [5.74, 6) is 0.799. The van der Waals surface area contributed by atoms with Crippen LogP contribution in [0.1, 0.15) is 23.1 Å². The second-order valence-electron chi connectivity index (χ2n) is 4.13. The molecule has 1 N–H and O–H groups in total. The Balaban J connectivity index is 2.14. The van der Waals surface area contributed by atoms with Gasteiger partial charge in [-0.3, -0.25) is 4.98 Å². The summed E-state index contributed by atoms with van der Waals surface area (Å²) in [6.45, 7) is 1.98. The summed E-state index contributed by atoms with van der Waals surface area (Å²) < 4.78 is 0.985. The number of aromatic nitrogens is 3. The number of nitrogens with one attached hydrogen (secondary N) is 1. The molecule has 0 fully saturated rings. The van der Waals surface area contributed by atoms with Crippen LogP contribution in [0.15, 0.2) is 35.2 Å². The molecule has 0 aliphatic rings. The Bertz CT molecular complexity index is 495. The maximum absolute atomic E-state index is 4.37. The number of pyridine rings is 1. The van der Waals surface area contributed by atoms with Gasteiger partial charge >= 0.3 is 0 Å². The first-order valence-corrected chi connectivity index (χ1v) is 6.54. The van der Waals surface area contributed by atoms with E-state index in [0.29, 0.717) is 0 Å². The van der Waals surface area contributed by atoms with Crippen LogP contribution in [0.4, 0.5) is 0 Å². The van der Waals surface area contributed by atoms with Crippen LogP contribution in [0.2, 0.25) is 0 Å². The fraction of sp³-hybridized carbons (Fsp3) is 0.308. The monoisotopic (exact) mass is 306 g/mol. The zero-order chi connectivity index (χ0) is 13.0. The maximum Gasteiger partial charge on any atom is 0.145 e. The van der Waals surface area contributed by atoms with Crippen molar-refractivity contribution in [2.75, 3.05) is 7.05 Å². The van der Waals surface area contributed by atoms with Gasteiger partial charge in [-0.15, -0.1) is 0 Å². The van der Waals surface area contributed by atoms with E-state index in [2.05, 4.69) is 36.2 Å².